The first-order valence-electron chi connectivity index (χ1n) is 6.30. The Morgan fingerprint density at radius 3 is 3.00 bits per heavy atom. The molecule has 0 bridgehead atoms. The molecule has 1 aliphatic rings. The van der Waals surface area contributed by atoms with Crippen LogP contribution in [-0.4, -0.2) is 6.54 Å². The van der Waals surface area contributed by atoms with Crippen LogP contribution in [0.25, 0.3) is 0 Å². The molecule has 0 unspecified atom stereocenters. The van der Waals surface area contributed by atoms with E-state index in [2.05, 4.69) is 57.4 Å². The lowest BCUT2D eigenvalue weighted by molar-refractivity contribution is 0.694. The average Bonchev–Trinajstić information content (AvgIpc) is 2.75. The number of hydrogen-bond acceptors (Lipinski definition) is 2. The van der Waals surface area contributed by atoms with Crippen molar-refractivity contribution in [1.29, 1.82) is 0 Å². The summed E-state index contributed by atoms with van der Waals surface area (Å²) in [6.45, 7) is 4.38. The molecule has 0 amide bonds. The van der Waals surface area contributed by atoms with E-state index in [-0.39, 0.29) is 0 Å². The summed E-state index contributed by atoms with van der Waals surface area (Å²) >= 11 is 5.36. The predicted molar refractivity (Wildman–Crippen MR) is 82.6 cm³/mol. The van der Waals surface area contributed by atoms with E-state index >= 15 is 0 Å². The first kappa shape index (κ1) is 12.2. The molecule has 0 aliphatic carbocycles. The van der Waals surface area contributed by atoms with Crippen molar-refractivity contribution in [3.63, 3.8) is 0 Å². The number of hydrogen-bond donors (Lipinski definition) is 0. The lowest BCUT2D eigenvalue weighted by Gasteiger charge is -2.31. The van der Waals surface area contributed by atoms with Gasteiger partial charge in [0.05, 0.1) is 6.54 Å². The van der Waals surface area contributed by atoms with Gasteiger partial charge in [0.15, 0.2) is 0 Å². The summed E-state index contributed by atoms with van der Waals surface area (Å²) in [6.07, 6.45) is 2.49. The molecule has 0 spiro atoms. The first-order valence-corrected chi connectivity index (χ1v) is 7.97. The minimum atomic E-state index is 1.03. The predicted octanol–water partition coefficient (Wildman–Crippen LogP) is 4.77. The quantitative estimate of drug-likeness (QED) is 0.770. The summed E-state index contributed by atoms with van der Waals surface area (Å²) in [5, 5.41) is 2.16. The van der Waals surface area contributed by atoms with E-state index in [1.165, 1.54) is 45.6 Å². The van der Waals surface area contributed by atoms with Crippen LogP contribution in [0.5, 0.6) is 0 Å². The summed E-state index contributed by atoms with van der Waals surface area (Å²) < 4.78 is 1.20. The monoisotopic (exact) mass is 321 g/mol. The molecule has 18 heavy (non-hydrogen) atoms. The number of anilines is 1. The summed E-state index contributed by atoms with van der Waals surface area (Å²) in [6, 6.07) is 9.08. The second-order valence-corrected chi connectivity index (χ2v) is 6.80. The number of nitrogens with zero attached hydrogens (tertiary/aromatic N) is 1. The molecule has 0 radical (unpaired) electrons. The molecular weight excluding hydrogens is 306 g/mol. The van der Waals surface area contributed by atoms with Gasteiger partial charge in [-0.1, -0.05) is 17.7 Å². The number of aryl methyl sites for hydroxylation is 2. The van der Waals surface area contributed by atoms with Crippen LogP contribution < -0.4 is 4.90 Å². The van der Waals surface area contributed by atoms with E-state index in [0.717, 1.165) is 6.54 Å². The van der Waals surface area contributed by atoms with Gasteiger partial charge >= 0.3 is 0 Å². The molecule has 0 saturated heterocycles. The van der Waals surface area contributed by atoms with Gasteiger partial charge in [0, 0.05) is 27.0 Å². The van der Waals surface area contributed by atoms with E-state index in [0.29, 0.717) is 0 Å². The van der Waals surface area contributed by atoms with E-state index < -0.39 is 0 Å². The van der Waals surface area contributed by atoms with Gasteiger partial charge in [-0.2, -0.15) is 0 Å². The standard InChI is InChI=1S/C15H16BrNS/c1-11-4-5-15-12(7-11)3-2-6-17(15)9-14-8-13(16)10-18-14/h4-5,7-8,10H,2-3,6,9H2,1H3. The van der Waals surface area contributed by atoms with Crippen molar-refractivity contribution in [3.8, 4) is 0 Å². The van der Waals surface area contributed by atoms with Crippen LogP contribution >= 0.6 is 27.3 Å². The van der Waals surface area contributed by atoms with Gasteiger partial charge in [0.25, 0.3) is 0 Å². The maximum atomic E-state index is 3.53. The second kappa shape index (κ2) is 5.06. The number of thiophene rings is 1. The van der Waals surface area contributed by atoms with Crippen molar-refractivity contribution in [2.45, 2.75) is 26.3 Å². The highest BCUT2D eigenvalue weighted by atomic mass is 79.9. The van der Waals surface area contributed by atoms with Crippen LogP contribution in [0.2, 0.25) is 0 Å². The molecule has 1 aromatic heterocycles. The summed E-state index contributed by atoms with van der Waals surface area (Å²) in [5.41, 5.74) is 4.31. The van der Waals surface area contributed by atoms with Gasteiger partial charge in [-0.05, 0) is 53.4 Å². The molecule has 94 valence electrons. The molecule has 2 aromatic rings. The minimum Gasteiger partial charge on any atom is -0.366 e. The average molecular weight is 322 g/mol. The Balaban J connectivity index is 1.87. The molecule has 2 heterocycles. The van der Waals surface area contributed by atoms with Crippen LogP contribution in [0.1, 0.15) is 22.4 Å². The van der Waals surface area contributed by atoms with Crippen molar-refractivity contribution in [3.05, 3.63) is 50.1 Å². The third kappa shape index (κ3) is 2.47. The molecule has 0 atom stereocenters. The molecule has 1 aromatic carbocycles. The van der Waals surface area contributed by atoms with Crippen molar-refractivity contribution >= 4 is 33.0 Å². The fraction of sp³-hybridized carbons (Fsp3) is 0.333. The SMILES string of the molecule is Cc1ccc2c(c1)CCCN2Cc1cc(Br)cs1. The highest BCUT2D eigenvalue weighted by Gasteiger charge is 2.17. The molecule has 3 rings (SSSR count). The largest absolute Gasteiger partial charge is 0.366 e. The zero-order valence-corrected chi connectivity index (χ0v) is 12.9. The maximum absolute atomic E-state index is 3.53. The highest BCUT2D eigenvalue weighted by molar-refractivity contribution is 9.10. The van der Waals surface area contributed by atoms with E-state index in [1.807, 2.05) is 11.3 Å². The number of fused-ring (bicyclic) bond motifs is 1. The number of benzene rings is 1. The van der Waals surface area contributed by atoms with Crippen LogP contribution in [0.3, 0.4) is 0 Å². The van der Waals surface area contributed by atoms with Crippen molar-refractivity contribution in [2.75, 3.05) is 11.4 Å². The molecule has 1 nitrogen and oxygen atoms in total. The fourth-order valence-electron chi connectivity index (χ4n) is 2.59. The Kier molecular flexibility index (Phi) is 3.44. The Hall–Kier alpha value is -0.800. The van der Waals surface area contributed by atoms with E-state index in [1.54, 1.807) is 0 Å². The van der Waals surface area contributed by atoms with Gasteiger partial charge in [-0.3, -0.25) is 0 Å². The third-order valence-electron chi connectivity index (χ3n) is 3.42. The Bertz CT molecular complexity index is 561. The zero-order chi connectivity index (χ0) is 12.5. The lowest BCUT2D eigenvalue weighted by atomic mass is 9.99. The maximum Gasteiger partial charge on any atom is 0.0523 e. The Labute approximate surface area is 121 Å². The van der Waals surface area contributed by atoms with Gasteiger partial charge in [0.1, 0.15) is 0 Å². The number of rotatable bonds is 2. The summed E-state index contributed by atoms with van der Waals surface area (Å²) in [4.78, 5) is 3.94. The zero-order valence-electron chi connectivity index (χ0n) is 10.4. The van der Waals surface area contributed by atoms with Gasteiger partial charge in [-0.15, -0.1) is 11.3 Å². The fourth-order valence-corrected chi connectivity index (χ4v) is 4.06. The molecule has 0 saturated carbocycles. The topological polar surface area (TPSA) is 3.24 Å². The molecule has 0 fully saturated rings. The van der Waals surface area contributed by atoms with Crippen LogP contribution in [0.15, 0.2) is 34.1 Å². The minimum absolute atomic E-state index is 1.03. The van der Waals surface area contributed by atoms with E-state index in [9.17, 15) is 0 Å². The Morgan fingerprint density at radius 2 is 2.22 bits per heavy atom. The molecule has 1 aliphatic heterocycles. The second-order valence-electron chi connectivity index (χ2n) is 4.89. The molecule has 3 heteroatoms. The van der Waals surface area contributed by atoms with Crippen LogP contribution in [0.4, 0.5) is 5.69 Å². The third-order valence-corrected chi connectivity index (χ3v) is 5.10. The molecule has 0 N–H and O–H groups in total. The molecular formula is C15H16BrNS. The normalized spacial score (nSPS) is 14.7. The first-order chi connectivity index (χ1) is 8.72. The smallest absolute Gasteiger partial charge is 0.0523 e. The van der Waals surface area contributed by atoms with Crippen molar-refractivity contribution < 1.29 is 0 Å². The van der Waals surface area contributed by atoms with Crippen LogP contribution in [-0.2, 0) is 13.0 Å². The van der Waals surface area contributed by atoms with Crippen LogP contribution in [0, 0.1) is 6.92 Å². The van der Waals surface area contributed by atoms with Crippen molar-refractivity contribution in [2.24, 2.45) is 0 Å². The lowest BCUT2D eigenvalue weighted by Crippen LogP contribution is -2.28. The summed E-state index contributed by atoms with van der Waals surface area (Å²) in [7, 11) is 0. The van der Waals surface area contributed by atoms with Crippen molar-refractivity contribution in [1.82, 2.24) is 0 Å². The highest BCUT2D eigenvalue weighted by Crippen LogP contribution is 2.30. The van der Waals surface area contributed by atoms with Gasteiger partial charge < -0.3 is 4.90 Å². The Morgan fingerprint density at radius 1 is 1.33 bits per heavy atom. The summed E-state index contributed by atoms with van der Waals surface area (Å²) in [5.74, 6) is 0. The van der Waals surface area contributed by atoms with E-state index in [4.69, 9.17) is 0 Å². The van der Waals surface area contributed by atoms with Gasteiger partial charge in [0.2, 0.25) is 0 Å². The number of halogens is 1. The van der Waals surface area contributed by atoms with Gasteiger partial charge in [-0.25, -0.2) is 0 Å².